The highest BCUT2D eigenvalue weighted by molar-refractivity contribution is 14.1. The van der Waals surface area contributed by atoms with Crippen LogP contribution in [-0.4, -0.2) is 6.04 Å². The molecule has 1 aromatic heterocycles. The molecule has 0 radical (unpaired) electrons. The van der Waals surface area contributed by atoms with E-state index in [0.717, 1.165) is 12.2 Å². The van der Waals surface area contributed by atoms with Crippen LogP contribution in [0.25, 0.3) is 0 Å². The van der Waals surface area contributed by atoms with Gasteiger partial charge in [-0.05, 0) is 64.7 Å². The maximum absolute atomic E-state index is 6.17. The van der Waals surface area contributed by atoms with Crippen LogP contribution in [0.15, 0.2) is 41.8 Å². The van der Waals surface area contributed by atoms with Crippen molar-refractivity contribution < 1.29 is 4.74 Å². The monoisotopic (exact) mass is 373 g/mol. The Kier molecular flexibility index (Phi) is 5.03. The summed E-state index contributed by atoms with van der Waals surface area (Å²) < 4.78 is 7.25. The van der Waals surface area contributed by atoms with E-state index < -0.39 is 0 Å². The lowest BCUT2D eigenvalue weighted by molar-refractivity contribution is 0.174. The average Bonchev–Trinajstić information content (AvgIpc) is 2.91. The van der Waals surface area contributed by atoms with E-state index in [9.17, 15) is 0 Å². The molecule has 2 unspecified atom stereocenters. The Morgan fingerprint density at radius 3 is 2.56 bits per heavy atom. The van der Waals surface area contributed by atoms with Crippen molar-refractivity contribution in [2.75, 3.05) is 0 Å². The Balaban J connectivity index is 2.17. The molecule has 96 valence electrons. The molecule has 1 heterocycles. The Hall–Kier alpha value is -0.590. The van der Waals surface area contributed by atoms with Crippen LogP contribution >= 0.6 is 33.9 Å². The van der Waals surface area contributed by atoms with Crippen LogP contribution < -0.4 is 10.5 Å². The molecule has 4 heteroatoms. The Morgan fingerprint density at radius 2 is 2.00 bits per heavy atom. The predicted octanol–water partition coefficient (Wildman–Crippen LogP) is 4.21. The van der Waals surface area contributed by atoms with Crippen molar-refractivity contribution >= 4 is 33.9 Å². The zero-order valence-corrected chi connectivity index (χ0v) is 13.1. The highest BCUT2D eigenvalue weighted by Crippen LogP contribution is 2.28. The van der Waals surface area contributed by atoms with Gasteiger partial charge in [-0.15, -0.1) is 11.3 Å². The van der Waals surface area contributed by atoms with Crippen molar-refractivity contribution in [1.82, 2.24) is 0 Å². The van der Waals surface area contributed by atoms with E-state index in [2.05, 4.69) is 41.0 Å². The van der Waals surface area contributed by atoms with Crippen LogP contribution in [0.3, 0.4) is 0 Å². The minimum absolute atomic E-state index is 0.0166. The number of ether oxygens (including phenoxy) is 1. The van der Waals surface area contributed by atoms with Gasteiger partial charge >= 0.3 is 0 Å². The largest absolute Gasteiger partial charge is 0.483 e. The van der Waals surface area contributed by atoms with Gasteiger partial charge in [0.1, 0.15) is 11.9 Å². The zero-order chi connectivity index (χ0) is 13.0. The van der Waals surface area contributed by atoms with Crippen LogP contribution in [-0.2, 0) is 0 Å². The molecule has 0 saturated carbocycles. The van der Waals surface area contributed by atoms with Gasteiger partial charge in [0.2, 0.25) is 0 Å². The second-order valence-corrected chi connectivity index (χ2v) is 6.30. The fourth-order valence-corrected chi connectivity index (χ4v) is 2.87. The van der Waals surface area contributed by atoms with Gasteiger partial charge in [0, 0.05) is 14.5 Å². The zero-order valence-electron chi connectivity index (χ0n) is 10.2. The van der Waals surface area contributed by atoms with E-state index in [0.29, 0.717) is 0 Å². The van der Waals surface area contributed by atoms with E-state index in [-0.39, 0.29) is 12.1 Å². The molecule has 0 aliphatic carbocycles. The molecule has 2 nitrogen and oxygen atoms in total. The first-order valence-electron chi connectivity index (χ1n) is 5.92. The Morgan fingerprint density at radius 1 is 1.28 bits per heavy atom. The molecule has 1 aromatic carbocycles. The molecule has 0 spiro atoms. The van der Waals surface area contributed by atoms with Crippen LogP contribution in [0, 0.1) is 3.57 Å². The Labute approximate surface area is 125 Å². The molecule has 2 rings (SSSR count). The number of nitrogens with two attached hydrogens (primary N) is 1. The number of hydrogen-bond donors (Lipinski definition) is 1. The van der Waals surface area contributed by atoms with Gasteiger partial charge in [-0.1, -0.05) is 13.0 Å². The second-order valence-electron chi connectivity index (χ2n) is 4.08. The number of thiophene rings is 1. The van der Waals surface area contributed by atoms with Gasteiger partial charge in [0.05, 0.1) is 0 Å². The molecule has 0 aliphatic heterocycles. The van der Waals surface area contributed by atoms with Crippen LogP contribution in [0.5, 0.6) is 5.75 Å². The lowest BCUT2D eigenvalue weighted by atomic mass is 10.1. The normalized spacial score (nSPS) is 14.2. The summed E-state index contributed by atoms with van der Waals surface area (Å²) in [6.45, 7) is 2.09. The van der Waals surface area contributed by atoms with Crippen LogP contribution in [0.2, 0.25) is 0 Å². The molecule has 0 bridgehead atoms. The van der Waals surface area contributed by atoms with E-state index >= 15 is 0 Å². The summed E-state index contributed by atoms with van der Waals surface area (Å²) >= 11 is 3.97. The summed E-state index contributed by atoms with van der Waals surface area (Å²) in [5.41, 5.74) is 6.17. The molecule has 18 heavy (non-hydrogen) atoms. The van der Waals surface area contributed by atoms with Crippen LogP contribution in [0.1, 0.15) is 24.3 Å². The van der Waals surface area contributed by atoms with E-state index in [1.165, 1.54) is 8.45 Å². The molecular formula is C14H16INOS. The first kappa shape index (κ1) is 13.8. The van der Waals surface area contributed by atoms with Crippen molar-refractivity contribution in [2.45, 2.75) is 25.5 Å². The SMILES string of the molecule is CCC(N)C(Oc1ccc(I)cc1)c1cccs1. The predicted molar refractivity (Wildman–Crippen MR) is 85.1 cm³/mol. The third-order valence-corrected chi connectivity index (χ3v) is 4.41. The summed E-state index contributed by atoms with van der Waals surface area (Å²) in [5.74, 6) is 0.873. The lowest BCUT2D eigenvalue weighted by Gasteiger charge is -2.23. The molecule has 2 aromatic rings. The summed E-state index contributed by atoms with van der Waals surface area (Å²) in [7, 11) is 0. The van der Waals surface area contributed by atoms with Crippen molar-refractivity contribution in [3.8, 4) is 5.75 Å². The smallest absolute Gasteiger partial charge is 0.148 e. The van der Waals surface area contributed by atoms with Crippen molar-refractivity contribution in [1.29, 1.82) is 0 Å². The molecule has 2 N–H and O–H groups in total. The topological polar surface area (TPSA) is 35.2 Å². The molecule has 0 aliphatic rings. The first-order chi connectivity index (χ1) is 8.70. The van der Waals surface area contributed by atoms with Crippen molar-refractivity contribution in [2.24, 2.45) is 5.73 Å². The van der Waals surface area contributed by atoms with Crippen LogP contribution in [0.4, 0.5) is 0 Å². The third kappa shape index (κ3) is 3.46. The first-order valence-corrected chi connectivity index (χ1v) is 7.87. The summed E-state index contributed by atoms with van der Waals surface area (Å²) in [5, 5.41) is 2.06. The maximum atomic E-state index is 6.17. The fourth-order valence-electron chi connectivity index (χ4n) is 1.68. The van der Waals surface area contributed by atoms with Gasteiger partial charge in [-0.2, -0.15) is 0 Å². The molecular weight excluding hydrogens is 357 g/mol. The number of rotatable bonds is 5. The summed E-state index contributed by atoms with van der Waals surface area (Å²) in [6, 6.07) is 12.2. The quantitative estimate of drug-likeness (QED) is 0.797. The molecule has 0 fully saturated rings. The third-order valence-electron chi connectivity index (χ3n) is 2.76. The summed E-state index contributed by atoms with van der Waals surface area (Å²) in [4.78, 5) is 1.18. The summed E-state index contributed by atoms with van der Waals surface area (Å²) in [6.07, 6.45) is 0.836. The van der Waals surface area contributed by atoms with E-state index in [1.807, 2.05) is 30.3 Å². The van der Waals surface area contributed by atoms with E-state index in [4.69, 9.17) is 10.5 Å². The van der Waals surface area contributed by atoms with Gasteiger partial charge < -0.3 is 10.5 Å². The van der Waals surface area contributed by atoms with Crippen molar-refractivity contribution in [3.05, 3.63) is 50.2 Å². The number of hydrogen-bond acceptors (Lipinski definition) is 3. The van der Waals surface area contributed by atoms with Gasteiger partial charge in [0.25, 0.3) is 0 Å². The van der Waals surface area contributed by atoms with Gasteiger partial charge in [-0.3, -0.25) is 0 Å². The Bertz CT molecular complexity index is 469. The minimum Gasteiger partial charge on any atom is -0.483 e. The fraction of sp³-hybridized carbons (Fsp3) is 0.286. The highest BCUT2D eigenvalue weighted by Gasteiger charge is 2.21. The average molecular weight is 373 g/mol. The molecule has 0 saturated heterocycles. The number of halogens is 1. The second kappa shape index (κ2) is 6.54. The lowest BCUT2D eigenvalue weighted by Crippen LogP contribution is -2.30. The molecule has 0 amide bonds. The van der Waals surface area contributed by atoms with Gasteiger partial charge in [0.15, 0.2) is 0 Å². The maximum Gasteiger partial charge on any atom is 0.148 e. The standard InChI is InChI=1S/C14H16INOS/c1-2-12(16)14(13-4-3-9-18-13)17-11-7-5-10(15)6-8-11/h3-9,12,14H,2,16H2,1H3. The van der Waals surface area contributed by atoms with Crippen molar-refractivity contribution in [3.63, 3.8) is 0 Å². The van der Waals surface area contributed by atoms with E-state index in [1.54, 1.807) is 11.3 Å². The minimum atomic E-state index is -0.0601. The van der Waals surface area contributed by atoms with Gasteiger partial charge in [-0.25, -0.2) is 0 Å². The highest BCUT2D eigenvalue weighted by atomic mass is 127. The number of benzene rings is 1. The molecule has 2 atom stereocenters.